The fourth-order valence-electron chi connectivity index (χ4n) is 1.73. The zero-order valence-electron chi connectivity index (χ0n) is 11.0. The minimum absolute atomic E-state index is 0.0358. The zero-order chi connectivity index (χ0) is 16.0. The minimum Gasteiger partial charge on any atom is -0.466 e. The second-order valence-electron chi connectivity index (χ2n) is 3.87. The third kappa shape index (κ3) is 4.65. The molecule has 0 amide bonds. The Balaban J connectivity index is 3.30. The van der Waals surface area contributed by atoms with E-state index < -0.39 is 31.1 Å². The van der Waals surface area contributed by atoms with E-state index in [4.69, 9.17) is 5.26 Å². The first kappa shape index (κ1) is 16.8. The Kier molecular flexibility index (Phi) is 5.55. The normalized spacial score (nSPS) is 10.9. The Labute approximate surface area is 118 Å². The lowest BCUT2D eigenvalue weighted by Gasteiger charge is -2.16. The highest BCUT2D eigenvalue weighted by Gasteiger charge is 2.33. The smallest absolute Gasteiger partial charge is 0.466 e. The molecule has 0 atom stereocenters. The van der Waals surface area contributed by atoms with Crippen molar-refractivity contribution in [1.82, 2.24) is 0 Å². The van der Waals surface area contributed by atoms with Crippen molar-refractivity contribution >= 4 is 5.97 Å². The van der Waals surface area contributed by atoms with E-state index in [2.05, 4.69) is 9.47 Å². The van der Waals surface area contributed by atoms with Gasteiger partial charge in [0.05, 0.1) is 31.3 Å². The van der Waals surface area contributed by atoms with Gasteiger partial charge < -0.3 is 14.6 Å². The van der Waals surface area contributed by atoms with E-state index in [-0.39, 0.29) is 23.3 Å². The summed E-state index contributed by atoms with van der Waals surface area (Å²) in [4.78, 5) is 11.5. The molecule has 0 radical (unpaired) electrons. The number of aliphatic hydroxyl groups excluding tert-OH is 1. The second-order valence-corrected chi connectivity index (χ2v) is 3.87. The first-order valence-electron chi connectivity index (χ1n) is 5.89. The van der Waals surface area contributed by atoms with Gasteiger partial charge in [-0.1, -0.05) is 0 Å². The van der Waals surface area contributed by atoms with Gasteiger partial charge in [-0.2, -0.15) is 5.26 Å². The number of rotatable bonds is 5. The second kappa shape index (κ2) is 6.95. The molecule has 0 spiro atoms. The molecule has 1 aromatic carbocycles. The van der Waals surface area contributed by atoms with Crippen LogP contribution in [0.4, 0.5) is 13.2 Å². The Hall–Kier alpha value is -2.27. The molecule has 0 heterocycles. The van der Waals surface area contributed by atoms with E-state index in [9.17, 15) is 23.1 Å². The molecule has 0 fully saturated rings. The van der Waals surface area contributed by atoms with Crippen LogP contribution in [0.1, 0.15) is 23.6 Å². The molecule has 0 aliphatic rings. The van der Waals surface area contributed by atoms with Gasteiger partial charge in [0.1, 0.15) is 5.75 Å². The minimum atomic E-state index is -4.95. The van der Waals surface area contributed by atoms with E-state index in [1.54, 1.807) is 13.0 Å². The van der Waals surface area contributed by atoms with E-state index in [0.717, 1.165) is 12.1 Å². The first-order chi connectivity index (χ1) is 9.82. The van der Waals surface area contributed by atoms with Gasteiger partial charge in [0.15, 0.2) is 0 Å². The maximum Gasteiger partial charge on any atom is 0.573 e. The van der Waals surface area contributed by atoms with Crippen molar-refractivity contribution < 1.29 is 32.5 Å². The average Bonchev–Trinajstić information content (AvgIpc) is 2.39. The van der Waals surface area contributed by atoms with Gasteiger partial charge >= 0.3 is 12.3 Å². The van der Waals surface area contributed by atoms with Crippen molar-refractivity contribution in [2.45, 2.75) is 26.3 Å². The zero-order valence-corrected chi connectivity index (χ0v) is 11.0. The number of aliphatic hydroxyl groups is 1. The highest BCUT2D eigenvalue weighted by Crippen LogP contribution is 2.31. The number of carbonyl (C=O) groups excluding carboxylic acids is 1. The van der Waals surface area contributed by atoms with Gasteiger partial charge in [-0.3, -0.25) is 4.79 Å². The third-order valence-electron chi connectivity index (χ3n) is 2.52. The van der Waals surface area contributed by atoms with Gasteiger partial charge in [-0.15, -0.1) is 13.2 Å². The molecule has 1 aromatic rings. The summed E-state index contributed by atoms with van der Waals surface area (Å²) in [7, 11) is 0. The van der Waals surface area contributed by atoms with Crippen LogP contribution in [-0.2, 0) is 22.6 Å². The molecule has 0 saturated carbocycles. The highest BCUT2D eigenvalue weighted by atomic mass is 19.4. The summed E-state index contributed by atoms with van der Waals surface area (Å²) in [5.41, 5.74) is -0.342. The number of carbonyl (C=O) groups is 1. The topological polar surface area (TPSA) is 79.5 Å². The Morgan fingerprint density at radius 3 is 2.52 bits per heavy atom. The highest BCUT2D eigenvalue weighted by molar-refractivity contribution is 5.74. The fourth-order valence-corrected chi connectivity index (χ4v) is 1.73. The molecule has 21 heavy (non-hydrogen) atoms. The fraction of sp³-hybridized carbons (Fsp3) is 0.385. The van der Waals surface area contributed by atoms with Crippen molar-refractivity contribution in [3.63, 3.8) is 0 Å². The number of ether oxygens (including phenoxy) is 2. The van der Waals surface area contributed by atoms with Crippen LogP contribution in [-0.4, -0.2) is 24.0 Å². The number of nitrogens with zero attached hydrogens (tertiary/aromatic N) is 1. The van der Waals surface area contributed by atoms with Gasteiger partial charge in [0, 0.05) is 11.1 Å². The molecular weight excluding hydrogens is 291 g/mol. The van der Waals surface area contributed by atoms with Gasteiger partial charge in [-0.25, -0.2) is 0 Å². The SMILES string of the molecule is CCOC(=O)Cc1c(OC(F)(F)F)ccc(C#N)c1CO. The number of hydrogen-bond donors (Lipinski definition) is 1. The van der Waals surface area contributed by atoms with Crippen molar-refractivity contribution in [1.29, 1.82) is 5.26 Å². The van der Waals surface area contributed by atoms with Gasteiger partial charge in [0.2, 0.25) is 0 Å². The van der Waals surface area contributed by atoms with E-state index in [1.165, 1.54) is 0 Å². The van der Waals surface area contributed by atoms with Crippen LogP contribution in [0.5, 0.6) is 5.75 Å². The number of nitriles is 1. The number of hydrogen-bond acceptors (Lipinski definition) is 5. The molecule has 0 unspecified atom stereocenters. The molecule has 0 aliphatic heterocycles. The molecule has 5 nitrogen and oxygen atoms in total. The standard InChI is InChI=1S/C13H12F3NO4/c1-2-20-12(19)5-9-10(7-18)8(6-17)3-4-11(9)21-13(14,15)16/h3-4,18H,2,5,7H2,1H3. The van der Waals surface area contributed by atoms with Crippen LogP contribution in [0.25, 0.3) is 0 Å². The van der Waals surface area contributed by atoms with Crippen LogP contribution in [0, 0.1) is 11.3 Å². The maximum absolute atomic E-state index is 12.4. The lowest BCUT2D eigenvalue weighted by Crippen LogP contribution is -2.20. The predicted molar refractivity (Wildman–Crippen MR) is 64.1 cm³/mol. The molecule has 0 aliphatic carbocycles. The first-order valence-corrected chi connectivity index (χ1v) is 5.89. The van der Waals surface area contributed by atoms with Crippen molar-refractivity contribution in [3.8, 4) is 11.8 Å². The van der Waals surface area contributed by atoms with Crippen LogP contribution in [0.2, 0.25) is 0 Å². The molecular formula is C13H12F3NO4. The molecule has 0 bridgehead atoms. The van der Waals surface area contributed by atoms with E-state index in [0.29, 0.717) is 0 Å². The summed E-state index contributed by atoms with van der Waals surface area (Å²) < 4.78 is 45.6. The van der Waals surface area contributed by atoms with Crippen LogP contribution >= 0.6 is 0 Å². The molecule has 1 N–H and O–H groups in total. The predicted octanol–water partition coefficient (Wildman–Crippen LogP) is 2.05. The number of halogens is 3. The molecule has 114 valence electrons. The lowest BCUT2D eigenvalue weighted by atomic mass is 9.98. The monoisotopic (exact) mass is 303 g/mol. The van der Waals surface area contributed by atoms with Gasteiger partial charge in [0.25, 0.3) is 0 Å². The molecule has 0 saturated heterocycles. The summed E-state index contributed by atoms with van der Waals surface area (Å²) in [5.74, 6) is -1.42. The third-order valence-corrected chi connectivity index (χ3v) is 2.52. The quantitative estimate of drug-likeness (QED) is 0.842. The Bertz CT molecular complexity index is 564. The molecule has 0 aromatic heterocycles. The van der Waals surface area contributed by atoms with Crippen molar-refractivity contribution in [3.05, 3.63) is 28.8 Å². The Morgan fingerprint density at radius 2 is 2.05 bits per heavy atom. The maximum atomic E-state index is 12.4. The van der Waals surface area contributed by atoms with E-state index >= 15 is 0 Å². The van der Waals surface area contributed by atoms with Crippen LogP contribution < -0.4 is 4.74 Å². The Morgan fingerprint density at radius 1 is 1.38 bits per heavy atom. The molecule has 8 heteroatoms. The summed E-state index contributed by atoms with van der Waals surface area (Å²) in [6, 6.07) is 3.75. The van der Waals surface area contributed by atoms with Crippen molar-refractivity contribution in [2.24, 2.45) is 0 Å². The summed E-state index contributed by atoms with van der Waals surface area (Å²) >= 11 is 0. The summed E-state index contributed by atoms with van der Waals surface area (Å²) in [6.07, 6.45) is -5.49. The average molecular weight is 303 g/mol. The van der Waals surface area contributed by atoms with Crippen LogP contribution in [0.15, 0.2) is 12.1 Å². The van der Waals surface area contributed by atoms with Crippen LogP contribution in [0.3, 0.4) is 0 Å². The largest absolute Gasteiger partial charge is 0.573 e. The lowest BCUT2D eigenvalue weighted by molar-refractivity contribution is -0.275. The van der Waals surface area contributed by atoms with Gasteiger partial charge in [-0.05, 0) is 19.1 Å². The van der Waals surface area contributed by atoms with Crippen molar-refractivity contribution in [2.75, 3.05) is 6.61 Å². The number of esters is 1. The summed E-state index contributed by atoms with van der Waals surface area (Å²) in [5, 5.41) is 18.2. The number of alkyl halides is 3. The molecule has 1 rings (SSSR count). The summed E-state index contributed by atoms with van der Waals surface area (Å²) in [6.45, 7) is 0.900. The van der Waals surface area contributed by atoms with E-state index in [1.807, 2.05) is 0 Å². The number of benzene rings is 1.